The SMILES string of the molecule is COc1cc(Oc2ccc3nc(C4=N[C@@H](C(C)=O)CS4)sc3c2)cc(OCC(=O)NCCCCCC[P+](c2ccccc2)(c2ccccc2)c2ccccc2)c1O. The standard InChI is InChI=1S/C45H44N3O6PS2/c1-31(49)38-30-56-44(48-38)45-47-37-23-22-32(28-41(37)57-45)54-33-26-39(52-2)43(51)40(27-33)53-29-42(50)46-24-14-3-4-15-25-55(34-16-8-5-9-17-34,35-18-10-6-11-19-35)36-20-12-7-13-21-36/h5-13,16-23,26-28,38H,3-4,14-15,24-25,29-30H2,1-2H3,(H-,46,50,51)/p+1/t38-/m1/s1. The second-order valence-corrected chi connectivity index (χ2v) is 19.3. The number of aliphatic imine (C=N–C) groups is 1. The molecule has 0 aliphatic carbocycles. The van der Waals surface area contributed by atoms with Gasteiger partial charge in [-0.05, 0) is 74.7 Å². The number of ether oxygens (including phenoxy) is 3. The number of hydrogen-bond acceptors (Lipinski definition) is 10. The molecule has 1 aromatic heterocycles. The molecule has 0 fully saturated rings. The minimum Gasteiger partial charge on any atom is -0.502 e. The number of benzene rings is 5. The summed E-state index contributed by atoms with van der Waals surface area (Å²) in [6.45, 7) is 1.81. The molecular formula is C45H45N3O6PS2+. The van der Waals surface area contributed by atoms with Gasteiger partial charge in [0.05, 0.1) is 23.5 Å². The highest BCUT2D eigenvalue weighted by Crippen LogP contribution is 2.56. The van der Waals surface area contributed by atoms with Crippen LogP contribution in [0.15, 0.2) is 126 Å². The third-order valence-electron chi connectivity index (χ3n) is 9.82. The van der Waals surface area contributed by atoms with Gasteiger partial charge in [0.15, 0.2) is 23.9 Å². The Labute approximate surface area is 341 Å². The maximum atomic E-state index is 12.8. The number of nitrogens with zero attached hydrogens (tertiary/aromatic N) is 2. The fourth-order valence-electron chi connectivity index (χ4n) is 6.91. The first-order chi connectivity index (χ1) is 27.8. The van der Waals surface area contributed by atoms with Gasteiger partial charge in [0.1, 0.15) is 50.8 Å². The number of rotatable bonds is 18. The number of thiazole rings is 1. The van der Waals surface area contributed by atoms with E-state index in [0.29, 0.717) is 23.8 Å². The van der Waals surface area contributed by atoms with Gasteiger partial charge in [-0.2, -0.15) is 0 Å². The summed E-state index contributed by atoms with van der Waals surface area (Å²) in [7, 11) is -0.416. The van der Waals surface area contributed by atoms with Crippen LogP contribution in [0.1, 0.15) is 37.6 Å². The number of aromatic nitrogens is 1. The first kappa shape index (κ1) is 40.0. The number of unbranched alkanes of at least 4 members (excludes halogenated alkanes) is 3. The van der Waals surface area contributed by atoms with Crippen LogP contribution in [0.2, 0.25) is 0 Å². The first-order valence-corrected chi connectivity index (χ1v) is 22.8. The zero-order valence-electron chi connectivity index (χ0n) is 31.9. The molecule has 1 atom stereocenters. The van der Waals surface area contributed by atoms with Gasteiger partial charge < -0.3 is 24.6 Å². The molecule has 2 N–H and O–H groups in total. The van der Waals surface area contributed by atoms with Crippen molar-refractivity contribution in [2.24, 2.45) is 4.99 Å². The fourth-order valence-corrected chi connectivity index (χ4v) is 13.5. The van der Waals surface area contributed by atoms with Crippen molar-refractivity contribution in [3.8, 4) is 28.7 Å². The van der Waals surface area contributed by atoms with E-state index in [-0.39, 0.29) is 41.6 Å². The summed E-state index contributed by atoms with van der Waals surface area (Å²) in [5, 5.41) is 19.5. The summed E-state index contributed by atoms with van der Waals surface area (Å²) in [6.07, 6.45) is 5.02. The topological polar surface area (TPSA) is 119 Å². The van der Waals surface area contributed by atoms with Gasteiger partial charge in [0.25, 0.3) is 5.91 Å². The number of carbonyl (C=O) groups excluding carboxylic acids is 2. The van der Waals surface area contributed by atoms with E-state index in [2.05, 4.69) is 101 Å². The quantitative estimate of drug-likeness (QED) is 0.0657. The summed E-state index contributed by atoms with van der Waals surface area (Å²) in [4.78, 5) is 33.8. The Morgan fingerprint density at radius 2 is 1.44 bits per heavy atom. The van der Waals surface area contributed by atoms with Crippen LogP contribution in [0.25, 0.3) is 10.2 Å². The van der Waals surface area contributed by atoms with Crippen molar-refractivity contribution in [1.82, 2.24) is 10.3 Å². The average molecular weight is 819 g/mol. The lowest BCUT2D eigenvalue weighted by molar-refractivity contribution is -0.123. The van der Waals surface area contributed by atoms with Crippen LogP contribution >= 0.6 is 30.4 Å². The first-order valence-electron chi connectivity index (χ1n) is 19.0. The molecule has 292 valence electrons. The Morgan fingerprint density at radius 1 is 0.807 bits per heavy atom. The molecule has 0 saturated heterocycles. The molecule has 1 aliphatic rings. The molecule has 0 spiro atoms. The Balaban J connectivity index is 0.913. The largest absolute Gasteiger partial charge is 0.502 e. The lowest BCUT2D eigenvalue weighted by atomic mass is 10.2. The van der Waals surface area contributed by atoms with E-state index in [1.807, 2.05) is 12.1 Å². The fraction of sp³-hybridized carbons (Fsp3) is 0.244. The van der Waals surface area contributed by atoms with Crippen LogP contribution in [0, 0.1) is 0 Å². The van der Waals surface area contributed by atoms with E-state index in [4.69, 9.17) is 19.2 Å². The minimum absolute atomic E-state index is 0.0510. The van der Waals surface area contributed by atoms with Gasteiger partial charge in [-0.15, -0.1) is 23.1 Å². The lowest BCUT2D eigenvalue weighted by Gasteiger charge is -2.27. The van der Waals surface area contributed by atoms with E-state index in [1.165, 1.54) is 40.4 Å². The highest BCUT2D eigenvalue weighted by molar-refractivity contribution is 8.15. The van der Waals surface area contributed by atoms with Crippen LogP contribution in [-0.2, 0) is 9.59 Å². The zero-order valence-corrected chi connectivity index (χ0v) is 34.5. The van der Waals surface area contributed by atoms with E-state index < -0.39 is 7.26 Å². The molecule has 57 heavy (non-hydrogen) atoms. The van der Waals surface area contributed by atoms with E-state index >= 15 is 0 Å². The van der Waals surface area contributed by atoms with Crippen LogP contribution in [-0.4, -0.2) is 65.0 Å². The predicted octanol–water partition coefficient (Wildman–Crippen LogP) is 8.30. The predicted molar refractivity (Wildman–Crippen MR) is 235 cm³/mol. The van der Waals surface area contributed by atoms with Crippen LogP contribution in [0.4, 0.5) is 0 Å². The van der Waals surface area contributed by atoms with Crippen molar-refractivity contribution in [3.63, 3.8) is 0 Å². The molecule has 6 aromatic rings. The van der Waals surface area contributed by atoms with Crippen molar-refractivity contribution in [3.05, 3.63) is 126 Å². The lowest BCUT2D eigenvalue weighted by Crippen LogP contribution is -2.33. The van der Waals surface area contributed by atoms with Crippen molar-refractivity contribution in [2.75, 3.05) is 32.2 Å². The van der Waals surface area contributed by atoms with Gasteiger partial charge in [0, 0.05) is 30.5 Å². The molecule has 0 bridgehead atoms. The van der Waals surface area contributed by atoms with Crippen molar-refractivity contribution >= 4 is 73.2 Å². The van der Waals surface area contributed by atoms with Gasteiger partial charge in [-0.25, -0.2) is 4.98 Å². The summed E-state index contributed by atoms with van der Waals surface area (Å²) in [5.41, 5.74) is 0.799. The number of nitrogens with one attached hydrogen (secondary N) is 1. The second-order valence-electron chi connectivity index (χ2n) is 13.7. The minimum atomic E-state index is -1.85. The number of hydrogen-bond donors (Lipinski definition) is 2. The maximum Gasteiger partial charge on any atom is 0.257 e. The number of Topliss-reactive ketones (excluding diaryl/α,β-unsaturated/α-hetero) is 1. The monoisotopic (exact) mass is 818 g/mol. The number of ketones is 1. The highest BCUT2D eigenvalue weighted by atomic mass is 32.2. The molecule has 0 saturated carbocycles. The summed E-state index contributed by atoms with van der Waals surface area (Å²) in [6, 6.07) is 41.1. The number of phenols is 1. The molecule has 0 unspecified atom stereocenters. The zero-order chi connectivity index (χ0) is 39.6. The van der Waals surface area contributed by atoms with E-state index in [1.54, 1.807) is 30.8 Å². The number of thioether (sulfide) groups is 1. The molecule has 1 aliphatic heterocycles. The van der Waals surface area contributed by atoms with Crippen LogP contribution in [0.3, 0.4) is 0 Å². The smallest absolute Gasteiger partial charge is 0.257 e. The molecule has 7 rings (SSSR count). The molecule has 5 aromatic carbocycles. The van der Waals surface area contributed by atoms with Gasteiger partial charge in [-0.1, -0.05) is 61.0 Å². The maximum absolute atomic E-state index is 12.8. The number of carbonyl (C=O) groups is 2. The second kappa shape index (κ2) is 18.8. The molecule has 0 radical (unpaired) electrons. The van der Waals surface area contributed by atoms with Gasteiger partial charge in [0.2, 0.25) is 5.75 Å². The molecule has 1 amide bonds. The number of fused-ring (bicyclic) bond motifs is 1. The third-order valence-corrected chi connectivity index (χ3v) is 16.6. The van der Waals surface area contributed by atoms with E-state index in [0.717, 1.165) is 52.1 Å². The molecule has 9 nitrogen and oxygen atoms in total. The summed E-state index contributed by atoms with van der Waals surface area (Å²) >= 11 is 3.02. The number of amides is 1. The Bertz CT molecular complexity index is 2240. The Morgan fingerprint density at radius 3 is 2.05 bits per heavy atom. The molecular weight excluding hydrogens is 774 g/mol. The normalized spacial score (nSPS) is 13.9. The highest BCUT2D eigenvalue weighted by Gasteiger charge is 2.44. The molecule has 12 heteroatoms. The summed E-state index contributed by atoms with van der Waals surface area (Å²) in [5.74, 6) is 1.30. The Hall–Kier alpha value is -5.22. The third kappa shape index (κ3) is 9.50. The van der Waals surface area contributed by atoms with Crippen LogP contribution in [0.5, 0.6) is 28.7 Å². The van der Waals surface area contributed by atoms with Crippen LogP contribution < -0.4 is 35.4 Å². The van der Waals surface area contributed by atoms with Gasteiger partial charge >= 0.3 is 0 Å². The van der Waals surface area contributed by atoms with Crippen molar-refractivity contribution in [1.29, 1.82) is 0 Å². The number of methoxy groups -OCH3 is 1. The average Bonchev–Trinajstić information content (AvgIpc) is 3.91. The number of aromatic hydroxyl groups is 1. The number of phenolic OH excluding ortho intramolecular Hbond substituents is 1. The summed E-state index contributed by atoms with van der Waals surface area (Å²) < 4.78 is 18.2. The Kier molecular flexibility index (Phi) is 13.2. The van der Waals surface area contributed by atoms with Gasteiger partial charge in [-0.3, -0.25) is 14.6 Å². The molecule has 2 heterocycles. The van der Waals surface area contributed by atoms with E-state index in [9.17, 15) is 14.7 Å². The van der Waals surface area contributed by atoms with Crippen molar-refractivity contribution < 1.29 is 28.9 Å². The van der Waals surface area contributed by atoms with Crippen molar-refractivity contribution in [2.45, 2.75) is 38.6 Å².